The molecule has 0 aromatic rings. The second kappa shape index (κ2) is 6.64. The van der Waals surface area contributed by atoms with E-state index in [-0.39, 0.29) is 0 Å². The summed E-state index contributed by atoms with van der Waals surface area (Å²) >= 11 is 0. The molecule has 10 nitrogen and oxygen atoms in total. The third-order valence-corrected chi connectivity index (χ3v) is 3.21. The van der Waals surface area contributed by atoms with E-state index in [0.29, 0.717) is 0 Å². The molecule has 0 aromatic heterocycles. The fraction of sp³-hybridized carbons (Fsp3) is 0.818. The van der Waals surface area contributed by atoms with Crippen LogP contribution in [0, 0.1) is 0 Å². The van der Waals surface area contributed by atoms with Crippen molar-refractivity contribution >= 4 is 11.9 Å². The first-order valence-corrected chi connectivity index (χ1v) is 6.18. The van der Waals surface area contributed by atoms with Crippen LogP contribution in [0.2, 0.25) is 0 Å². The first-order valence-electron chi connectivity index (χ1n) is 6.18. The maximum absolute atomic E-state index is 11.1. The van der Waals surface area contributed by atoms with Gasteiger partial charge in [0.25, 0.3) is 5.79 Å². The van der Waals surface area contributed by atoms with Crippen molar-refractivity contribution < 1.29 is 45.0 Å². The average Bonchev–Trinajstić information content (AvgIpc) is 2.39. The van der Waals surface area contributed by atoms with Crippen LogP contribution in [0.25, 0.3) is 0 Å². The smallest absolute Gasteiger partial charge is 0.364 e. The zero-order valence-electron chi connectivity index (χ0n) is 11.2. The van der Waals surface area contributed by atoms with Crippen LogP contribution in [0.5, 0.6) is 0 Å². The van der Waals surface area contributed by atoms with Crippen LogP contribution in [0.3, 0.4) is 0 Å². The Kier molecular flexibility index (Phi) is 5.61. The Labute approximate surface area is 119 Å². The van der Waals surface area contributed by atoms with Gasteiger partial charge in [0, 0.05) is 13.3 Å². The number of nitrogens with one attached hydrogen (secondary N) is 1. The molecule has 0 radical (unpaired) electrons. The van der Waals surface area contributed by atoms with Crippen LogP contribution in [0.4, 0.5) is 0 Å². The monoisotopic (exact) mass is 309 g/mol. The van der Waals surface area contributed by atoms with Crippen molar-refractivity contribution in [2.45, 2.75) is 49.6 Å². The van der Waals surface area contributed by atoms with Crippen LogP contribution in [0.1, 0.15) is 13.3 Å². The Balaban J connectivity index is 3.07. The number of carbonyl (C=O) groups excluding carboxylic acids is 1. The van der Waals surface area contributed by atoms with Gasteiger partial charge in [-0.2, -0.15) is 0 Å². The molecule has 0 saturated carbocycles. The van der Waals surface area contributed by atoms with E-state index in [1.165, 1.54) is 0 Å². The molecule has 0 spiro atoms. The SMILES string of the molecule is CC(=O)N[C@@H]1C(O)CC(O)(C(=O)O)O[C@@H]1C(O)C(O)CO. The van der Waals surface area contributed by atoms with Crippen molar-refractivity contribution in [3.63, 3.8) is 0 Å². The number of hydrogen-bond acceptors (Lipinski definition) is 8. The molecule has 1 aliphatic heterocycles. The molecule has 4 unspecified atom stereocenters. The van der Waals surface area contributed by atoms with Crippen molar-refractivity contribution in [2.75, 3.05) is 6.61 Å². The summed E-state index contributed by atoms with van der Waals surface area (Å²) in [4.78, 5) is 22.1. The predicted octanol–water partition coefficient (Wildman–Crippen LogP) is -3.87. The molecular weight excluding hydrogens is 290 g/mol. The largest absolute Gasteiger partial charge is 0.477 e. The zero-order valence-corrected chi connectivity index (χ0v) is 11.2. The highest BCUT2D eigenvalue weighted by Crippen LogP contribution is 2.30. The van der Waals surface area contributed by atoms with E-state index >= 15 is 0 Å². The van der Waals surface area contributed by atoms with E-state index in [2.05, 4.69) is 5.32 Å². The fourth-order valence-electron chi connectivity index (χ4n) is 2.14. The molecule has 10 heteroatoms. The minimum atomic E-state index is -2.78. The van der Waals surface area contributed by atoms with E-state index in [0.717, 1.165) is 6.92 Å². The average molecular weight is 309 g/mol. The molecule has 122 valence electrons. The molecule has 1 amide bonds. The van der Waals surface area contributed by atoms with E-state index in [9.17, 15) is 30.0 Å². The lowest BCUT2D eigenvalue weighted by molar-refractivity contribution is -0.295. The maximum atomic E-state index is 11.1. The van der Waals surface area contributed by atoms with Gasteiger partial charge < -0.3 is 40.7 Å². The molecule has 21 heavy (non-hydrogen) atoms. The van der Waals surface area contributed by atoms with Crippen LogP contribution >= 0.6 is 0 Å². The van der Waals surface area contributed by atoms with Crippen LogP contribution in [-0.2, 0) is 14.3 Å². The Bertz CT molecular complexity index is 403. The van der Waals surface area contributed by atoms with Gasteiger partial charge in [-0.05, 0) is 0 Å². The summed E-state index contributed by atoms with van der Waals surface area (Å²) in [5, 5.41) is 59.0. The molecule has 1 heterocycles. The molecule has 0 bridgehead atoms. The molecule has 1 saturated heterocycles. The number of aliphatic hydroxyl groups is 5. The van der Waals surface area contributed by atoms with Gasteiger partial charge >= 0.3 is 5.97 Å². The topological polar surface area (TPSA) is 177 Å². The van der Waals surface area contributed by atoms with E-state index < -0.39 is 61.1 Å². The summed E-state index contributed by atoms with van der Waals surface area (Å²) in [7, 11) is 0. The minimum Gasteiger partial charge on any atom is -0.477 e. The highest BCUT2D eigenvalue weighted by atomic mass is 16.7. The molecule has 0 aliphatic carbocycles. The Hall–Kier alpha value is -1.30. The van der Waals surface area contributed by atoms with Gasteiger partial charge in [0.05, 0.1) is 18.8 Å². The third-order valence-electron chi connectivity index (χ3n) is 3.21. The van der Waals surface area contributed by atoms with Gasteiger partial charge in [-0.15, -0.1) is 0 Å². The number of aliphatic hydroxyl groups excluding tert-OH is 4. The molecule has 1 rings (SSSR count). The molecule has 1 aliphatic rings. The van der Waals surface area contributed by atoms with Crippen molar-refractivity contribution in [1.29, 1.82) is 0 Å². The summed E-state index contributed by atoms with van der Waals surface area (Å²) in [6.07, 6.45) is -7.48. The van der Waals surface area contributed by atoms with Crippen molar-refractivity contribution in [3.8, 4) is 0 Å². The molecule has 0 aromatic carbocycles. The lowest BCUT2D eigenvalue weighted by Crippen LogP contribution is -2.67. The van der Waals surface area contributed by atoms with Crippen molar-refractivity contribution in [1.82, 2.24) is 5.32 Å². The van der Waals surface area contributed by atoms with Gasteiger partial charge in [-0.3, -0.25) is 4.79 Å². The summed E-state index contributed by atoms with van der Waals surface area (Å²) in [5.41, 5.74) is 0. The number of ether oxygens (including phenoxy) is 1. The standard InChI is InChI=1S/C11H19NO9/c1-4(14)12-7-5(15)2-11(20,10(18)19)21-9(7)8(17)6(16)3-13/h5-9,13,15-17,20H,2-3H2,1H3,(H,12,14)(H,18,19)/t5?,6?,7-,8?,9+,11?/m1/s1. The molecule has 1 fully saturated rings. The summed E-state index contributed by atoms with van der Waals surface area (Å²) < 4.78 is 4.86. The van der Waals surface area contributed by atoms with E-state index in [4.69, 9.17) is 14.9 Å². The first-order chi connectivity index (χ1) is 9.62. The number of amides is 1. The van der Waals surface area contributed by atoms with Crippen molar-refractivity contribution in [3.05, 3.63) is 0 Å². The molecule has 6 atom stereocenters. The van der Waals surface area contributed by atoms with Crippen LogP contribution < -0.4 is 5.32 Å². The first kappa shape index (κ1) is 17.8. The summed E-state index contributed by atoms with van der Waals surface area (Å²) in [5.74, 6) is -5.17. The Morgan fingerprint density at radius 3 is 2.43 bits per heavy atom. The number of aliphatic carboxylic acids is 1. The predicted molar refractivity (Wildman–Crippen MR) is 64.8 cm³/mol. The fourth-order valence-corrected chi connectivity index (χ4v) is 2.14. The second-order valence-corrected chi connectivity index (χ2v) is 4.91. The highest BCUT2D eigenvalue weighted by Gasteiger charge is 2.53. The quantitative estimate of drug-likeness (QED) is 0.268. The lowest BCUT2D eigenvalue weighted by Gasteiger charge is -2.44. The minimum absolute atomic E-state index is 0.598. The van der Waals surface area contributed by atoms with Gasteiger partial charge in [0.1, 0.15) is 18.3 Å². The third kappa shape index (κ3) is 3.87. The van der Waals surface area contributed by atoms with Gasteiger partial charge in [0.15, 0.2) is 0 Å². The van der Waals surface area contributed by atoms with Gasteiger partial charge in [0.2, 0.25) is 5.91 Å². The van der Waals surface area contributed by atoms with Crippen molar-refractivity contribution in [2.24, 2.45) is 0 Å². The van der Waals surface area contributed by atoms with Crippen LogP contribution in [-0.4, -0.2) is 85.4 Å². The Morgan fingerprint density at radius 1 is 1.43 bits per heavy atom. The summed E-state index contributed by atoms with van der Waals surface area (Å²) in [6, 6.07) is -1.27. The maximum Gasteiger partial charge on any atom is 0.364 e. The van der Waals surface area contributed by atoms with Gasteiger partial charge in [-0.1, -0.05) is 0 Å². The van der Waals surface area contributed by atoms with E-state index in [1.54, 1.807) is 0 Å². The normalized spacial score (nSPS) is 35.8. The number of hydrogen-bond donors (Lipinski definition) is 7. The number of carboxylic acids is 1. The Morgan fingerprint density at radius 2 is 2.00 bits per heavy atom. The number of carboxylic acid groups (broad SMARTS) is 1. The highest BCUT2D eigenvalue weighted by molar-refractivity contribution is 5.76. The van der Waals surface area contributed by atoms with E-state index in [1.807, 2.05) is 0 Å². The zero-order chi connectivity index (χ0) is 16.4. The lowest BCUT2D eigenvalue weighted by atomic mass is 9.88. The van der Waals surface area contributed by atoms with Crippen LogP contribution in [0.15, 0.2) is 0 Å². The van der Waals surface area contributed by atoms with Gasteiger partial charge in [-0.25, -0.2) is 4.79 Å². The second-order valence-electron chi connectivity index (χ2n) is 4.91. The molecule has 7 N–H and O–H groups in total. The number of rotatable bonds is 5. The molecular formula is C11H19NO9. The number of carbonyl (C=O) groups is 2. The summed E-state index contributed by atoms with van der Waals surface area (Å²) in [6.45, 7) is 0.256.